The van der Waals surface area contributed by atoms with Crippen LogP contribution in [0.5, 0.6) is 0 Å². The monoisotopic (exact) mass is 385 g/mol. The Morgan fingerprint density at radius 2 is 1.74 bits per heavy atom. The smallest absolute Gasteiger partial charge is 0.267 e. The van der Waals surface area contributed by atoms with Crippen LogP contribution in [0.2, 0.25) is 5.02 Å². The van der Waals surface area contributed by atoms with E-state index in [2.05, 4.69) is 10.4 Å². The Morgan fingerprint density at radius 3 is 2.44 bits per heavy atom. The lowest BCUT2D eigenvalue weighted by atomic mass is 10.1. The van der Waals surface area contributed by atoms with Gasteiger partial charge in [-0.25, -0.2) is 9.07 Å². The first kappa shape index (κ1) is 18.8. The van der Waals surface area contributed by atoms with Crippen molar-refractivity contribution in [3.05, 3.63) is 87.4 Å². The molecule has 0 aliphatic heterocycles. The molecule has 1 amide bonds. The molecule has 0 fully saturated rings. The van der Waals surface area contributed by atoms with E-state index in [9.17, 15) is 14.0 Å². The molecule has 3 rings (SSSR count). The number of aromatic nitrogens is 2. The van der Waals surface area contributed by atoms with Crippen molar-refractivity contribution in [2.45, 2.75) is 13.0 Å². The lowest BCUT2D eigenvalue weighted by Gasteiger charge is -2.08. The van der Waals surface area contributed by atoms with Crippen molar-refractivity contribution < 1.29 is 9.18 Å². The first-order chi connectivity index (χ1) is 13.0. The van der Waals surface area contributed by atoms with Gasteiger partial charge in [-0.2, -0.15) is 5.10 Å². The number of nitrogens with one attached hydrogen (secondary N) is 1. The molecule has 0 unspecified atom stereocenters. The molecule has 5 nitrogen and oxygen atoms in total. The van der Waals surface area contributed by atoms with E-state index < -0.39 is 0 Å². The summed E-state index contributed by atoms with van der Waals surface area (Å²) in [6.45, 7) is 0.208. The standard InChI is InChI=1S/C20H17ClFN3O2/c21-16-5-3-15(4-6-16)18-9-10-20(27)25(24-18)13-19(26)23-12-11-14-1-7-17(22)8-2-14/h1-10H,11-13H2,(H,23,26). The molecular weight excluding hydrogens is 369 g/mol. The number of amides is 1. The average molecular weight is 386 g/mol. The SMILES string of the molecule is O=C(Cn1nc(-c2ccc(Cl)cc2)ccc1=O)NCCc1ccc(F)cc1. The third-order valence-electron chi connectivity index (χ3n) is 3.95. The van der Waals surface area contributed by atoms with Crippen molar-refractivity contribution in [2.24, 2.45) is 0 Å². The van der Waals surface area contributed by atoms with Crippen molar-refractivity contribution in [1.82, 2.24) is 15.1 Å². The van der Waals surface area contributed by atoms with Gasteiger partial charge in [0.05, 0.1) is 5.69 Å². The minimum absolute atomic E-state index is 0.177. The molecule has 0 aliphatic rings. The van der Waals surface area contributed by atoms with Crippen LogP contribution in [0.4, 0.5) is 4.39 Å². The van der Waals surface area contributed by atoms with Crippen LogP contribution >= 0.6 is 11.6 Å². The first-order valence-electron chi connectivity index (χ1n) is 8.36. The zero-order valence-electron chi connectivity index (χ0n) is 14.4. The molecule has 3 aromatic rings. The number of halogens is 2. The highest BCUT2D eigenvalue weighted by atomic mass is 35.5. The van der Waals surface area contributed by atoms with E-state index in [0.29, 0.717) is 23.7 Å². The predicted octanol–water partition coefficient (Wildman–Crippen LogP) is 3.06. The molecule has 7 heteroatoms. The molecule has 0 bridgehead atoms. The van der Waals surface area contributed by atoms with Crippen molar-refractivity contribution >= 4 is 17.5 Å². The fourth-order valence-corrected chi connectivity index (χ4v) is 2.65. The summed E-state index contributed by atoms with van der Waals surface area (Å²) in [6.07, 6.45) is 0.569. The van der Waals surface area contributed by atoms with Crippen LogP contribution in [0.3, 0.4) is 0 Å². The maximum absolute atomic E-state index is 12.9. The normalized spacial score (nSPS) is 10.6. The zero-order chi connectivity index (χ0) is 19.2. The van der Waals surface area contributed by atoms with Gasteiger partial charge >= 0.3 is 0 Å². The molecule has 138 valence electrons. The van der Waals surface area contributed by atoms with Crippen LogP contribution in [0.1, 0.15) is 5.56 Å². The van der Waals surface area contributed by atoms with Crippen LogP contribution in [0.25, 0.3) is 11.3 Å². The fourth-order valence-electron chi connectivity index (χ4n) is 2.53. The van der Waals surface area contributed by atoms with Crippen LogP contribution in [0, 0.1) is 5.82 Å². The highest BCUT2D eigenvalue weighted by Crippen LogP contribution is 2.18. The molecule has 1 aromatic heterocycles. The second kappa shape index (κ2) is 8.60. The Hall–Kier alpha value is -2.99. The number of hydrogen-bond acceptors (Lipinski definition) is 3. The molecule has 0 radical (unpaired) electrons. The number of nitrogens with zero attached hydrogens (tertiary/aromatic N) is 2. The van der Waals surface area contributed by atoms with Gasteiger partial charge < -0.3 is 5.32 Å². The van der Waals surface area contributed by atoms with Gasteiger partial charge in [0.15, 0.2) is 0 Å². The largest absolute Gasteiger partial charge is 0.354 e. The van der Waals surface area contributed by atoms with Gasteiger partial charge in [-0.3, -0.25) is 9.59 Å². The second-order valence-corrected chi connectivity index (χ2v) is 6.38. The fraction of sp³-hybridized carbons (Fsp3) is 0.150. The summed E-state index contributed by atoms with van der Waals surface area (Å²) in [6, 6.07) is 16.1. The number of hydrogen-bond donors (Lipinski definition) is 1. The lowest BCUT2D eigenvalue weighted by Crippen LogP contribution is -2.34. The van der Waals surface area contributed by atoms with Crippen molar-refractivity contribution in [3.63, 3.8) is 0 Å². The van der Waals surface area contributed by atoms with Gasteiger partial charge in [0.1, 0.15) is 12.4 Å². The molecule has 0 saturated carbocycles. The van der Waals surface area contributed by atoms with E-state index >= 15 is 0 Å². The average Bonchev–Trinajstić information content (AvgIpc) is 2.66. The predicted molar refractivity (Wildman–Crippen MR) is 102 cm³/mol. The van der Waals surface area contributed by atoms with Gasteiger partial charge in [0, 0.05) is 23.2 Å². The third-order valence-corrected chi connectivity index (χ3v) is 4.20. The van der Waals surface area contributed by atoms with Gasteiger partial charge in [-0.1, -0.05) is 35.9 Å². The lowest BCUT2D eigenvalue weighted by molar-refractivity contribution is -0.121. The summed E-state index contributed by atoms with van der Waals surface area (Å²) in [5, 5.41) is 7.59. The van der Waals surface area contributed by atoms with E-state index in [1.165, 1.54) is 18.2 Å². The maximum atomic E-state index is 12.9. The first-order valence-corrected chi connectivity index (χ1v) is 8.74. The van der Waals surface area contributed by atoms with Crippen LogP contribution < -0.4 is 10.9 Å². The molecule has 0 spiro atoms. The van der Waals surface area contributed by atoms with Gasteiger partial charge in [0.25, 0.3) is 5.56 Å². The summed E-state index contributed by atoms with van der Waals surface area (Å²) >= 11 is 5.88. The molecule has 0 aliphatic carbocycles. The van der Waals surface area contributed by atoms with Crippen LogP contribution in [-0.2, 0) is 17.8 Å². The van der Waals surface area contributed by atoms with Gasteiger partial charge in [-0.05, 0) is 42.3 Å². The number of carbonyl (C=O) groups excluding carboxylic acids is 1. The zero-order valence-corrected chi connectivity index (χ0v) is 15.1. The summed E-state index contributed by atoms with van der Waals surface area (Å²) < 4.78 is 14.0. The topological polar surface area (TPSA) is 64.0 Å². The number of rotatable bonds is 6. The Morgan fingerprint density at radius 1 is 1.04 bits per heavy atom. The third kappa shape index (κ3) is 5.24. The summed E-state index contributed by atoms with van der Waals surface area (Å²) in [4.78, 5) is 24.1. The molecule has 0 atom stereocenters. The Balaban J connectivity index is 1.61. The maximum Gasteiger partial charge on any atom is 0.267 e. The second-order valence-electron chi connectivity index (χ2n) is 5.95. The highest BCUT2D eigenvalue weighted by molar-refractivity contribution is 6.30. The molecule has 1 N–H and O–H groups in total. The van der Waals surface area contributed by atoms with E-state index in [1.807, 2.05) is 0 Å². The Kier molecular flexibility index (Phi) is 5.98. The van der Waals surface area contributed by atoms with Crippen molar-refractivity contribution in [1.29, 1.82) is 0 Å². The van der Waals surface area contributed by atoms with Crippen molar-refractivity contribution in [3.8, 4) is 11.3 Å². The van der Waals surface area contributed by atoms with Crippen LogP contribution in [-0.4, -0.2) is 22.2 Å². The molecule has 0 saturated heterocycles. The van der Waals surface area contributed by atoms with E-state index in [4.69, 9.17) is 11.6 Å². The summed E-state index contributed by atoms with van der Waals surface area (Å²) in [7, 11) is 0. The molecule has 2 aromatic carbocycles. The Bertz CT molecular complexity index is 985. The van der Waals surface area contributed by atoms with Crippen LogP contribution in [0.15, 0.2) is 65.5 Å². The number of benzene rings is 2. The molecule has 27 heavy (non-hydrogen) atoms. The van der Waals surface area contributed by atoms with Gasteiger partial charge in [0.2, 0.25) is 5.91 Å². The quantitative estimate of drug-likeness (QED) is 0.709. The highest BCUT2D eigenvalue weighted by Gasteiger charge is 2.08. The summed E-state index contributed by atoms with van der Waals surface area (Å²) in [5.41, 5.74) is 1.92. The van der Waals surface area contributed by atoms with E-state index in [-0.39, 0.29) is 23.8 Å². The van der Waals surface area contributed by atoms with E-state index in [1.54, 1.807) is 42.5 Å². The molecule has 1 heterocycles. The minimum Gasteiger partial charge on any atom is -0.354 e. The number of carbonyl (C=O) groups is 1. The van der Waals surface area contributed by atoms with E-state index in [0.717, 1.165) is 15.8 Å². The van der Waals surface area contributed by atoms with Gasteiger partial charge in [-0.15, -0.1) is 0 Å². The van der Waals surface area contributed by atoms with Crippen molar-refractivity contribution in [2.75, 3.05) is 6.54 Å². The molecular formula is C20H17ClFN3O2. The Labute approximate surface area is 160 Å². The summed E-state index contributed by atoms with van der Waals surface area (Å²) in [5.74, 6) is -0.617. The minimum atomic E-state index is -0.360.